The number of aromatic nitrogens is 3. The molecule has 2 N–H and O–H groups in total. The van der Waals surface area contributed by atoms with Crippen LogP contribution in [0.4, 0.5) is 5.82 Å². The van der Waals surface area contributed by atoms with Crippen molar-refractivity contribution in [3.05, 3.63) is 41.5 Å². The number of pyridine rings is 1. The number of methoxy groups -OCH3 is 2. The predicted octanol–water partition coefficient (Wildman–Crippen LogP) is 0.840. The second-order valence-corrected chi connectivity index (χ2v) is 3.96. The summed E-state index contributed by atoms with van der Waals surface area (Å²) in [4.78, 5) is 23.6. The van der Waals surface area contributed by atoms with Gasteiger partial charge in [0.25, 0.3) is 0 Å². The molecular formula is C13H14N4O3. The Morgan fingerprint density at radius 2 is 2.05 bits per heavy atom. The lowest BCUT2D eigenvalue weighted by Gasteiger charge is -2.05. The average Bonchev–Trinajstić information content (AvgIpc) is 2.47. The van der Waals surface area contributed by atoms with Gasteiger partial charge in [0.05, 0.1) is 14.2 Å². The number of ether oxygens (including phenoxy) is 2. The molecule has 0 bridgehead atoms. The number of anilines is 1. The zero-order chi connectivity index (χ0) is 14.5. The lowest BCUT2D eigenvalue weighted by atomic mass is 10.2. The Balaban J connectivity index is 2.17. The number of nitrogen functional groups attached to an aromatic ring is 1. The molecule has 0 aliphatic rings. The van der Waals surface area contributed by atoms with Crippen LogP contribution in [-0.4, -0.2) is 35.1 Å². The van der Waals surface area contributed by atoms with Crippen LogP contribution in [0.25, 0.3) is 0 Å². The van der Waals surface area contributed by atoms with Gasteiger partial charge in [-0.3, -0.25) is 0 Å². The van der Waals surface area contributed by atoms with Gasteiger partial charge < -0.3 is 15.2 Å². The molecule has 2 heterocycles. The molecule has 0 radical (unpaired) electrons. The summed E-state index contributed by atoms with van der Waals surface area (Å²) in [6.45, 7) is 0. The normalized spacial score (nSPS) is 10.1. The Hall–Kier alpha value is -2.70. The lowest BCUT2D eigenvalue weighted by Crippen LogP contribution is -2.10. The van der Waals surface area contributed by atoms with Crippen LogP contribution in [0.5, 0.6) is 5.88 Å². The van der Waals surface area contributed by atoms with E-state index in [0.29, 0.717) is 18.1 Å². The molecule has 0 amide bonds. The van der Waals surface area contributed by atoms with Gasteiger partial charge in [-0.15, -0.1) is 0 Å². The second-order valence-electron chi connectivity index (χ2n) is 3.96. The molecule has 7 nitrogen and oxygen atoms in total. The first-order valence-electron chi connectivity index (χ1n) is 5.82. The third kappa shape index (κ3) is 3.00. The number of nitrogens with two attached hydrogens (primary N) is 1. The fourth-order valence-corrected chi connectivity index (χ4v) is 1.60. The van der Waals surface area contributed by atoms with Gasteiger partial charge in [-0.1, -0.05) is 6.07 Å². The quantitative estimate of drug-likeness (QED) is 0.824. The standard InChI is InChI=1S/C13H14N4O3/c1-19-11-4-3-8(6-16-11)5-10-15-7-9(12(14)17-10)13(18)20-2/h3-4,6-7H,5H2,1-2H3,(H2,14,15,17). The van der Waals surface area contributed by atoms with E-state index >= 15 is 0 Å². The maximum atomic E-state index is 11.4. The SMILES string of the molecule is COC(=O)c1cnc(Cc2ccc(OC)nc2)nc1N. The van der Waals surface area contributed by atoms with Gasteiger partial charge in [-0.05, 0) is 5.56 Å². The Morgan fingerprint density at radius 3 is 2.60 bits per heavy atom. The first-order valence-corrected chi connectivity index (χ1v) is 5.82. The van der Waals surface area contributed by atoms with E-state index in [-0.39, 0.29) is 11.4 Å². The molecule has 2 rings (SSSR count). The Morgan fingerprint density at radius 1 is 1.25 bits per heavy atom. The lowest BCUT2D eigenvalue weighted by molar-refractivity contribution is 0.0601. The van der Waals surface area contributed by atoms with Crippen molar-refractivity contribution in [1.29, 1.82) is 0 Å². The molecule has 0 aliphatic heterocycles. The largest absolute Gasteiger partial charge is 0.481 e. The van der Waals surface area contributed by atoms with Crippen molar-refractivity contribution in [2.24, 2.45) is 0 Å². The predicted molar refractivity (Wildman–Crippen MR) is 71.4 cm³/mol. The van der Waals surface area contributed by atoms with Crippen LogP contribution in [0.1, 0.15) is 21.7 Å². The van der Waals surface area contributed by atoms with Crippen molar-refractivity contribution >= 4 is 11.8 Å². The summed E-state index contributed by atoms with van der Waals surface area (Å²) in [5.74, 6) is 0.584. The third-order valence-electron chi connectivity index (χ3n) is 2.64. The first-order chi connectivity index (χ1) is 9.63. The van der Waals surface area contributed by atoms with Crippen molar-refractivity contribution in [3.8, 4) is 5.88 Å². The zero-order valence-corrected chi connectivity index (χ0v) is 11.2. The van der Waals surface area contributed by atoms with E-state index in [9.17, 15) is 4.79 Å². The van der Waals surface area contributed by atoms with Crippen LogP contribution in [0.3, 0.4) is 0 Å². The third-order valence-corrected chi connectivity index (χ3v) is 2.64. The summed E-state index contributed by atoms with van der Waals surface area (Å²) in [5, 5.41) is 0. The molecule has 0 fully saturated rings. The Bertz CT molecular complexity index is 614. The fraction of sp³-hybridized carbons (Fsp3) is 0.231. The second kappa shape index (κ2) is 5.96. The summed E-state index contributed by atoms with van der Waals surface area (Å²) in [6.07, 6.45) is 3.50. The van der Waals surface area contributed by atoms with Gasteiger partial charge in [-0.25, -0.2) is 19.7 Å². The molecule has 0 unspecified atom stereocenters. The van der Waals surface area contributed by atoms with Crippen molar-refractivity contribution in [2.45, 2.75) is 6.42 Å². The summed E-state index contributed by atoms with van der Waals surface area (Å²) in [5.41, 5.74) is 6.78. The van der Waals surface area contributed by atoms with Gasteiger partial charge in [0.1, 0.15) is 17.2 Å². The number of carbonyl (C=O) groups is 1. The number of nitrogens with zero attached hydrogens (tertiary/aromatic N) is 3. The topological polar surface area (TPSA) is 100 Å². The minimum Gasteiger partial charge on any atom is -0.481 e. The van der Waals surface area contributed by atoms with Crippen molar-refractivity contribution < 1.29 is 14.3 Å². The van der Waals surface area contributed by atoms with Gasteiger partial charge in [0, 0.05) is 24.9 Å². The maximum absolute atomic E-state index is 11.4. The van der Waals surface area contributed by atoms with Crippen LogP contribution in [-0.2, 0) is 11.2 Å². The number of hydrogen-bond donors (Lipinski definition) is 1. The molecular weight excluding hydrogens is 260 g/mol. The van der Waals surface area contributed by atoms with Crippen LogP contribution >= 0.6 is 0 Å². The van der Waals surface area contributed by atoms with Gasteiger partial charge in [-0.2, -0.15) is 0 Å². The molecule has 104 valence electrons. The van der Waals surface area contributed by atoms with Gasteiger partial charge in [0.15, 0.2) is 0 Å². The molecule has 2 aromatic rings. The highest BCUT2D eigenvalue weighted by Crippen LogP contribution is 2.13. The molecule has 0 aliphatic carbocycles. The molecule has 0 saturated carbocycles. The molecule has 0 saturated heterocycles. The van der Waals surface area contributed by atoms with Crippen molar-refractivity contribution in [3.63, 3.8) is 0 Å². The summed E-state index contributed by atoms with van der Waals surface area (Å²) < 4.78 is 9.56. The number of carbonyl (C=O) groups excluding carboxylic acids is 1. The zero-order valence-electron chi connectivity index (χ0n) is 11.2. The van der Waals surface area contributed by atoms with Crippen LogP contribution < -0.4 is 10.5 Å². The van der Waals surface area contributed by atoms with E-state index in [0.717, 1.165) is 5.56 Å². The average molecular weight is 274 g/mol. The molecule has 2 aromatic heterocycles. The fourth-order valence-electron chi connectivity index (χ4n) is 1.60. The summed E-state index contributed by atoms with van der Waals surface area (Å²) >= 11 is 0. The van der Waals surface area contributed by atoms with E-state index in [1.165, 1.54) is 13.3 Å². The van der Waals surface area contributed by atoms with E-state index < -0.39 is 5.97 Å². The van der Waals surface area contributed by atoms with Crippen LogP contribution in [0.15, 0.2) is 24.5 Å². The van der Waals surface area contributed by atoms with E-state index in [1.54, 1.807) is 19.4 Å². The van der Waals surface area contributed by atoms with Crippen molar-refractivity contribution in [2.75, 3.05) is 20.0 Å². The summed E-state index contributed by atoms with van der Waals surface area (Å²) in [6, 6.07) is 3.61. The van der Waals surface area contributed by atoms with Crippen LogP contribution in [0.2, 0.25) is 0 Å². The van der Waals surface area contributed by atoms with E-state index in [4.69, 9.17) is 10.5 Å². The van der Waals surface area contributed by atoms with E-state index in [2.05, 4.69) is 19.7 Å². The highest BCUT2D eigenvalue weighted by molar-refractivity contribution is 5.93. The monoisotopic (exact) mass is 274 g/mol. The van der Waals surface area contributed by atoms with E-state index in [1.807, 2.05) is 6.07 Å². The van der Waals surface area contributed by atoms with Crippen LogP contribution in [0, 0.1) is 0 Å². The number of esters is 1. The highest BCUT2D eigenvalue weighted by Gasteiger charge is 2.12. The molecule has 0 aromatic carbocycles. The minimum absolute atomic E-state index is 0.100. The van der Waals surface area contributed by atoms with Gasteiger partial charge >= 0.3 is 5.97 Å². The smallest absolute Gasteiger partial charge is 0.343 e. The Kier molecular flexibility index (Phi) is 4.09. The Labute approximate surface area is 115 Å². The molecule has 7 heteroatoms. The maximum Gasteiger partial charge on any atom is 0.343 e. The summed E-state index contributed by atoms with van der Waals surface area (Å²) in [7, 11) is 2.83. The minimum atomic E-state index is -0.555. The molecule has 0 atom stereocenters. The number of hydrogen-bond acceptors (Lipinski definition) is 7. The molecule has 20 heavy (non-hydrogen) atoms. The van der Waals surface area contributed by atoms with Crippen molar-refractivity contribution in [1.82, 2.24) is 15.0 Å². The highest BCUT2D eigenvalue weighted by atomic mass is 16.5. The first kappa shape index (κ1) is 13.7. The number of rotatable bonds is 4. The molecule has 0 spiro atoms. The van der Waals surface area contributed by atoms with Gasteiger partial charge in [0.2, 0.25) is 5.88 Å².